The minimum absolute atomic E-state index is 0.0782. The Morgan fingerprint density at radius 2 is 1.79 bits per heavy atom. The summed E-state index contributed by atoms with van der Waals surface area (Å²) in [6, 6.07) is 0. The second kappa shape index (κ2) is 5.08. The van der Waals surface area contributed by atoms with Gasteiger partial charge in [0.25, 0.3) is 0 Å². The van der Waals surface area contributed by atoms with Crippen LogP contribution in [0.2, 0.25) is 18.1 Å². The van der Waals surface area contributed by atoms with Gasteiger partial charge in [-0.25, -0.2) is 4.79 Å². The van der Waals surface area contributed by atoms with Crippen molar-refractivity contribution in [2.24, 2.45) is 5.92 Å². The van der Waals surface area contributed by atoms with Crippen LogP contribution in [0.3, 0.4) is 0 Å². The molecule has 19 heavy (non-hydrogen) atoms. The van der Waals surface area contributed by atoms with Crippen molar-refractivity contribution >= 4 is 19.8 Å². The maximum atomic E-state index is 12.6. The van der Waals surface area contributed by atoms with Gasteiger partial charge < -0.3 is 4.74 Å². The van der Waals surface area contributed by atoms with Crippen molar-refractivity contribution in [3.63, 3.8) is 0 Å². The molecule has 1 rings (SSSR count). The fourth-order valence-electron chi connectivity index (χ4n) is 2.06. The minimum atomic E-state index is -1.87. The summed E-state index contributed by atoms with van der Waals surface area (Å²) in [6.45, 7) is 12.7. The average molecular weight is 280 g/mol. The standard InChI is InChI=1S/C15H24O3Si/c1-10-11(14(17)18-5)8-9-12(13(10)16)19(6,7)15(2,3)4/h8-10H,1-7H3. The molecule has 3 nitrogen and oxygen atoms in total. The van der Waals surface area contributed by atoms with Crippen molar-refractivity contribution in [3.8, 4) is 0 Å². The number of carbonyl (C=O) groups excluding carboxylic acids is 2. The third kappa shape index (κ3) is 2.73. The zero-order valence-electron chi connectivity index (χ0n) is 13.0. The minimum Gasteiger partial charge on any atom is -0.466 e. The molecule has 0 N–H and O–H groups in total. The number of ketones is 1. The molecule has 1 atom stereocenters. The van der Waals surface area contributed by atoms with Crippen molar-refractivity contribution < 1.29 is 14.3 Å². The monoisotopic (exact) mass is 280 g/mol. The first kappa shape index (κ1) is 15.9. The largest absolute Gasteiger partial charge is 0.466 e. The van der Waals surface area contributed by atoms with E-state index in [-0.39, 0.29) is 10.8 Å². The predicted molar refractivity (Wildman–Crippen MR) is 79.6 cm³/mol. The van der Waals surface area contributed by atoms with Crippen molar-refractivity contribution in [2.75, 3.05) is 7.11 Å². The van der Waals surface area contributed by atoms with Crippen LogP contribution in [-0.2, 0) is 14.3 Å². The van der Waals surface area contributed by atoms with E-state index < -0.39 is 20.0 Å². The van der Waals surface area contributed by atoms with Crippen LogP contribution in [0.25, 0.3) is 0 Å². The molecule has 0 saturated heterocycles. The summed E-state index contributed by atoms with van der Waals surface area (Å²) in [5.74, 6) is -0.734. The van der Waals surface area contributed by atoms with E-state index in [2.05, 4.69) is 33.9 Å². The van der Waals surface area contributed by atoms with Gasteiger partial charge in [0, 0.05) is 5.57 Å². The lowest BCUT2D eigenvalue weighted by Crippen LogP contribution is -2.45. The van der Waals surface area contributed by atoms with Gasteiger partial charge in [0.15, 0.2) is 5.78 Å². The molecule has 0 saturated carbocycles. The maximum absolute atomic E-state index is 12.6. The Balaban J connectivity index is 3.27. The number of carbonyl (C=O) groups is 2. The second-order valence-electron chi connectivity index (χ2n) is 6.65. The van der Waals surface area contributed by atoms with E-state index in [9.17, 15) is 9.59 Å². The molecule has 0 aromatic rings. The Bertz CT molecular complexity index is 464. The summed E-state index contributed by atoms with van der Waals surface area (Å²) in [7, 11) is -0.528. The SMILES string of the molecule is COC(=O)C1=CC=C([Si](C)(C)C(C)(C)C)C(=O)C1C. The van der Waals surface area contributed by atoms with Gasteiger partial charge in [-0.2, -0.15) is 0 Å². The normalized spacial score (nSPS) is 20.8. The molecule has 1 aliphatic rings. The Hall–Kier alpha value is -1.16. The molecule has 0 heterocycles. The summed E-state index contributed by atoms with van der Waals surface area (Å²) < 4.78 is 4.72. The predicted octanol–water partition coefficient (Wildman–Crippen LogP) is 3.28. The Labute approximate surface area is 116 Å². The first-order valence-corrected chi connectivity index (χ1v) is 9.59. The number of esters is 1. The molecule has 0 spiro atoms. The summed E-state index contributed by atoms with van der Waals surface area (Å²) in [5.41, 5.74) is 0.454. The van der Waals surface area contributed by atoms with E-state index in [1.54, 1.807) is 13.0 Å². The lowest BCUT2D eigenvalue weighted by molar-refractivity contribution is -0.137. The van der Waals surface area contributed by atoms with Crippen LogP contribution in [0.5, 0.6) is 0 Å². The maximum Gasteiger partial charge on any atom is 0.334 e. The van der Waals surface area contributed by atoms with Gasteiger partial charge in [0.1, 0.15) is 0 Å². The number of hydrogen-bond acceptors (Lipinski definition) is 3. The first-order valence-electron chi connectivity index (χ1n) is 6.59. The third-order valence-electron chi connectivity index (χ3n) is 4.52. The summed E-state index contributed by atoms with van der Waals surface area (Å²) in [5, 5.41) is 1.02. The van der Waals surface area contributed by atoms with E-state index in [1.807, 2.05) is 6.08 Å². The summed E-state index contributed by atoms with van der Waals surface area (Å²) >= 11 is 0. The fourth-order valence-corrected chi connectivity index (χ4v) is 4.20. The number of methoxy groups -OCH3 is 1. The second-order valence-corrected chi connectivity index (χ2v) is 11.9. The fraction of sp³-hybridized carbons (Fsp3) is 0.600. The van der Waals surface area contributed by atoms with Crippen LogP contribution in [0.15, 0.2) is 22.9 Å². The van der Waals surface area contributed by atoms with Gasteiger partial charge >= 0.3 is 5.97 Å². The van der Waals surface area contributed by atoms with Gasteiger partial charge in [0.05, 0.1) is 21.1 Å². The van der Waals surface area contributed by atoms with Crippen molar-refractivity contribution in [2.45, 2.75) is 45.8 Å². The van der Waals surface area contributed by atoms with Crippen LogP contribution in [0.4, 0.5) is 0 Å². The average Bonchev–Trinajstić information content (AvgIpc) is 2.29. The zero-order chi connectivity index (χ0) is 15.0. The van der Waals surface area contributed by atoms with Gasteiger partial charge in [0.2, 0.25) is 0 Å². The highest BCUT2D eigenvalue weighted by molar-refractivity contribution is 6.90. The van der Waals surface area contributed by atoms with Crippen molar-refractivity contribution in [1.29, 1.82) is 0 Å². The Kier molecular flexibility index (Phi) is 4.25. The third-order valence-corrected chi connectivity index (χ3v) is 10.0. The van der Waals surface area contributed by atoms with E-state index in [0.717, 1.165) is 5.20 Å². The van der Waals surface area contributed by atoms with Crippen LogP contribution in [-0.4, -0.2) is 26.9 Å². The molecule has 0 amide bonds. The molecule has 0 bridgehead atoms. The summed E-state index contributed by atoms with van der Waals surface area (Å²) in [6.07, 6.45) is 3.60. The van der Waals surface area contributed by atoms with E-state index in [4.69, 9.17) is 4.74 Å². The van der Waals surface area contributed by atoms with Gasteiger partial charge in [-0.05, 0) is 10.2 Å². The lowest BCUT2D eigenvalue weighted by atomic mass is 9.92. The molecule has 4 heteroatoms. The van der Waals surface area contributed by atoms with Gasteiger partial charge in [-0.3, -0.25) is 4.79 Å². The molecule has 1 unspecified atom stereocenters. The number of ether oxygens (including phenoxy) is 1. The molecule has 0 aliphatic heterocycles. The zero-order valence-corrected chi connectivity index (χ0v) is 14.0. The van der Waals surface area contributed by atoms with E-state index in [0.29, 0.717) is 5.57 Å². The molecule has 0 fully saturated rings. The van der Waals surface area contributed by atoms with E-state index in [1.165, 1.54) is 7.11 Å². The highest BCUT2D eigenvalue weighted by atomic mass is 28.3. The highest BCUT2D eigenvalue weighted by Gasteiger charge is 2.44. The van der Waals surface area contributed by atoms with Crippen LogP contribution in [0.1, 0.15) is 27.7 Å². The molecule has 0 aromatic carbocycles. The Morgan fingerprint density at radius 1 is 1.26 bits per heavy atom. The van der Waals surface area contributed by atoms with E-state index >= 15 is 0 Å². The van der Waals surface area contributed by atoms with Crippen LogP contribution >= 0.6 is 0 Å². The van der Waals surface area contributed by atoms with Gasteiger partial charge in [-0.1, -0.05) is 52.9 Å². The smallest absolute Gasteiger partial charge is 0.334 e. The topological polar surface area (TPSA) is 43.4 Å². The van der Waals surface area contributed by atoms with Crippen molar-refractivity contribution in [3.05, 3.63) is 22.9 Å². The quantitative estimate of drug-likeness (QED) is 0.576. The molecule has 0 radical (unpaired) electrons. The van der Waals surface area contributed by atoms with Crippen molar-refractivity contribution in [1.82, 2.24) is 0 Å². The molecular weight excluding hydrogens is 256 g/mol. The number of rotatable bonds is 2. The number of hydrogen-bond donors (Lipinski definition) is 0. The molecule has 1 aliphatic carbocycles. The lowest BCUT2D eigenvalue weighted by Gasteiger charge is -2.40. The molecule has 106 valence electrons. The van der Waals surface area contributed by atoms with Crippen LogP contribution in [0, 0.1) is 5.92 Å². The van der Waals surface area contributed by atoms with Crippen LogP contribution < -0.4 is 0 Å². The highest BCUT2D eigenvalue weighted by Crippen LogP contribution is 2.43. The van der Waals surface area contributed by atoms with Gasteiger partial charge in [-0.15, -0.1) is 0 Å². The molecule has 0 aromatic heterocycles. The number of Topliss-reactive ketones (excluding diaryl/α,β-unsaturated/α-hetero) is 1. The first-order chi connectivity index (χ1) is 8.54. The molecular formula is C15H24O3Si. The number of allylic oxidation sites excluding steroid dienone is 3. The summed E-state index contributed by atoms with van der Waals surface area (Å²) in [4.78, 5) is 24.2. The Morgan fingerprint density at radius 3 is 2.21 bits per heavy atom.